The van der Waals surface area contributed by atoms with Gasteiger partial charge in [0.2, 0.25) is 0 Å². The van der Waals surface area contributed by atoms with Gasteiger partial charge in [-0.25, -0.2) is 9.97 Å². The van der Waals surface area contributed by atoms with Crippen molar-refractivity contribution in [3.8, 4) is 0 Å². The van der Waals surface area contributed by atoms with Gasteiger partial charge in [-0.3, -0.25) is 0 Å². The van der Waals surface area contributed by atoms with E-state index in [1.54, 1.807) is 11.3 Å². The molecule has 0 radical (unpaired) electrons. The van der Waals surface area contributed by atoms with Crippen molar-refractivity contribution in [3.63, 3.8) is 0 Å². The fraction of sp³-hybridized carbons (Fsp3) is 0.538. The van der Waals surface area contributed by atoms with Crippen LogP contribution in [0.4, 0.5) is 5.82 Å². The second-order valence-corrected chi connectivity index (χ2v) is 5.46. The molecule has 98 valence electrons. The SMILES string of the molecule is CCNc1nc(COCC(C)C)nc2sccc12. The van der Waals surface area contributed by atoms with Crippen molar-refractivity contribution >= 4 is 27.4 Å². The number of thiophene rings is 1. The number of hydrogen-bond acceptors (Lipinski definition) is 5. The van der Waals surface area contributed by atoms with Gasteiger partial charge >= 0.3 is 0 Å². The highest BCUT2D eigenvalue weighted by Crippen LogP contribution is 2.25. The molecule has 2 rings (SSSR count). The second kappa shape index (κ2) is 6.11. The molecule has 0 atom stereocenters. The molecule has 0 spiro atoms. The van der Waals surface area contributed by atoms with E-state index in [4.69, 9.17) is 4.74 Å². The van der Waals surface area contributed by atoms with Crippen LogP contribution in [0.2, 0.25) is 0 Å². The monoisotopic (exact) mass is 265 g/mol. The number of ether oxygens (including phenoxy) is 1. The van der Waals surface area contributed by atoms with Crippen LogP contribution in [0.5, 0.6) is 0 Å². The summed E-state index contributed by atoms with van der Waals surface area (Å²) >= 11 is 1.63. The summed E-state index contributed by atoms with van der Waals surface area (Å²) in [5.41, 5.74) is 0. The molecular weight excluding hydrogens is 246 g/mol. The van der Waals surface area contributed by atoms with Crippen LogP contribution >= 0.6 is 11.3 Å². The summed E-state index contributed by atoms with van der Waals surface area (Å²) in [5.74, 6) is 2.19. The summed E-state index contributed by atoms with van der Waals surface area (Å²) in [7, 11) is 0. The van der Waals surface area contributed by atoms with Gasteiger partial charge in [0, 0.05) is 13.2 Å². The van der Waals surface area contributed by atoms with Crippen molar-refractivity contribution < 1.29 is 4.74 Å². The Morgan fingerprint density at radius 2 is 2.22 bits per heavy atom. The normalized spacial score (nSPS) is 11.3. The predicted molar refractivity (Wildman–Crippen MR) is 76.1 cm³/mol. The van der Waals surface area contributed by atoms with Gasteiger partial charge in [-0.15, -0.1) is 11.3 Å². The second-order valence-electron chi connectivity index (χ2n) is 4.57. The van der Waals surface area contributed by atoms with Crippen molar-refractivity contribution in [1.29, 1.82) is 0 Å². The van der Waals surface area contributed by atoms with E-state index in [9.17, 15) is 0 Å². The minimum atomic E-state index is 0.477. The first-order valence-corrected chi connectivity index (χ1v) is 7.14. The highest BCUT2D eigenvalue weighted by atomic mass is 32.1. The maximum absolute atomic E-state index is 5.59. The van der Waals surface area contributed by atoms with Crippen molar-refractivity contribution in [2.24, 2.45) is 5.92 Å². The third kappa shape index (κ3) is 3.17. The van der Waals surface area contributed by atoms with E-state index in [1.807, 2.05) is 5.38 Å². The van der Waals surface area contributed by atoms with E-state index in [2.05, 4.69) is 42.1 Å². The number of rotatable bonds is 6. The molecular formula is C13H19N3OS. The zero-order valence-electron chi connectivity index (χ0n) is 11.1. The molecule has 2 aromatic rings. The van der Waals surface area contributed by atoms with Gasteiger partial charge in [0.05, 0.1) is 5.39 Å². The number of fused-ring (bicyclic) bond motifs is 1. The Morgan fingerprint density at radius 1 is 1.39 bits per heavy atom. The fourth-order valence-electron chi connectivity index (χ4n) is 1.65. The molecule has 2 aromatic heterocycles. The largest absolute Gasteiger partial charge is 0.373 e. The summed E-state index contributed by atoms with van der Waals surface area (Å²) in [6.45, 7) is 8.40. The Hall–Kier alpha value is -1.20. The topological polar surface area (TPSA) is 47.0 Å². The third-order valence-corrected chi connectivity index (χ3v) is 3.20. The molecule has 0 bridgehead atoms. The van der Waals surface area contributed by atoms with Crippen molar-refractivity contribution in [1.82, 2.24) is 9.97 Å². The van der Waals surface area contributed by atoms with Gasteiger partial charge in [-0.05, 0) is 24.3 Å². The number of nitrogens with zero attached hydrogens (tertiary/aromatic N) is 2. The highest BCUT2D eigenvalue weighted by Gasteiger charge is 2.08. The van der Waals surface area contributed by atoms with Gasteiger partial charge < -0.3 is 10.1 Å². The molecule has 1 N–H and O–H groups in total. The van der Waals surface area contributed by atoms with Crippen molar-refractivity contribution in [2.75, 3.05) is 18.5 Å². The maximum atomic E-state index is 5.59. The zero-order chi connectivity index (χ0) is 13.0. The number of anilines is 1. The average molecular weight is 265 g/mol. The fourth-order valence-corrected chi connectivity index (χ4v) is 2.44. The summed E-state index contributed by atoms with van der Waals surface area (Å²) < 4.78 is 5.59. The van der Waals surface area contributed by atoms with Crippen LogP contribution in [0.25, 0.3) is 10.2 Å². The molecule has 4 nitrogen and oxygen atoms in total. The van der Waals surface area contributed by atoms with Crippen LogP contribution in [-0.2, 0) is 11.3 Å². The number of nitrogens with one attached hydrogen (secondary N) is 1. The molecule has 2 heterocycles. The van der Waals surface area contributed by atoms with Gasteiger partial charge in [0.15, 0.2) is 5.82 Å². The van der Waals surface area contributed by atoms with Gasteiger partial charge in [-0.1, -0.05) is 13.8 Å². The molecule has 0 aliphatic carbocycles. The summed E-state index contributed by atoms with van der Waals surface area (Å²) in [4.78, 5) is 10.1. The van der Waals surface area contributed by atoms with E-state index in [0.29, 0.717) is 12.5 Å². The lowest BCUT2D eigenvalue weighted by atomic mass is 10.2. The summed E-state index contributed by atoms with van der Waals surface area (Å²) in [6.07, 6.45) is 0. The minimum Gasteiger partial charge on any atom is -0.373 e. The maximum Gasteiger partial charge on any atom is 0.158 e. The standard InChI is InChI=1S/C13H19N3OS/c1-4-14-12-10-5-6-18-13(10)16-11(15-12)8-17-7-9(2)3/h5-6,9H,4,7-8H2,1-3H3,(H,14,15,16). The summed E-state index contributed by atoms with van der Waals surface area (Å²) in [6, 6.07) is 2.05. The molecule has 5 heteroatoms. The number of aromatic nitrogens is 2. The van der Waals surface area contributed by atoms with E-state index < -0.39 is 0 Å². The van der Waals surface area contributed by atoms with Crippen LogP contribution in [0.3, 0.4) is 0 Å². The molecule has 0 saturated heterocycles. The first-order chi connectivity index (χ1) is 8.70. The molecule has 0 fully saturated rings. The van der Waals surface area contributed by atoms with Crippen molar-refractivity contribution in [2.45, 2.75) is 27.4 Å². The van der Waals surface area contributed by atoms with E-state index >= 15 is 0 Å². The molecule has 18 heavy (non-hydrogen) atoms. The molecule has 0 aliphatic heterocycles. The lowest BCUT2D eigenvalue weighted by molar-refractivity contribution is 0.0926. The number of hydrogen-bond donors (Lipinski definition) is 1. The van der Waals surface area contributed by atoms with Crippen LogP contribution < -0.4 is 5.32 Å². The lowest BCUT2D eigenvalue weighted by Crippen LogP contribution is -2.07. The molecule has 0 aromatic carbocycles. The van der Waals surface area contributed by atoms with Gasteiger partial charge in [0.25, 0.3) is 0 Å². The van der Waals surface area contributed by atoms with Crippen molar-refractivity contribution in [3.05, 3.63) is 17.3 Å². The highest BCUT2D eigenvalue weighted by molar-refractivity contribution is 7.16. The quantitative estimate of drug-likeness (QED) is 0.870. The van der Waals surface area contributed by atoms with Crippen LogP contribution in [0.1, 0.15) is 26.6 Å². The lowest BCUT2D eigenvalue weighted by Gasteiger charge is -2.08. The molecule has 0 saturated carbocycles. The molecule has 0 amide bonds. The smallest absolute Gasteiger partial charge is 0.158 e. The minimum absolute atomic E-state index is 0.477. The van der Waals surface area contributed by atoms with Gasteiger partial charge in [-0.2, -0.15) is 0 Å². The predicted octanol–water partition coefficient (Wildman–Crippen LogP) is 3.30. The summed E-state index contributed by atoms with van der Waals surface area (Å²) in [5, 5.41) is 6.41. The molecule has 0 aliphatic rings. The Morgan fingerprint density at radius 3 is 2.94 bits per heavy atom. The zero-order valence-corrected chi connectivity index (χ0v) is 11.9. The van der Waals surface area contributed by atoms with E-state index in [0.717, 1.165) is 35.0 Å². The van der Waals surface area contributed by atoms with Crippen LogP contribution in [0, 0.1) is 5.92 Å². The Bertz CT molecular complexity index is 510. The molecule has 0 unspecified atom stereocenters. The first-order valence-electron chi connectivity index (χ1n) is 6.26. The Balaban J connectivity index is 2.17. The van der Waals surface area contributed by atoms with Crippen LogP contribution in [-0.4, -0.2) is 23.1 Å². The van der Waals surface area contributed by atoms with Gasteiger partial charge in [0.1, 0.15) is 17.3 Å². The van der Waals surface area contributed by atoms with E-state index in [-0.39, 0.29) is 0 Å². The average Bonchev–Trinajstić information content (AvgIpc) is 2.77. The third-order valence-electron chi connectivity index (χ3n) is 2.40. The Labute approximate surface area is 111 Å². The van der Waals surface area contributed by atoms with E-state index in [1.165, 1.54) is 0 Å². The van der Waals surface area contributed by atoms with Crippen LogP contribution in [0.15, 0.2) is 11.4 Å². The Kier molecular flexibility index (Phi) is 4.49. The first kappa shape index (κ1) is 13.2.